The van der Waals surface area contributed by atoms with Crippen LogP contribution in [0.5, 0.6) is 5.75 Å². The van der Waals surface area contributed by atoms with Gasteiger partial charge in [0.1, 0.15) is 5.75 Å². The number of hydrogen-bond acceptors (Lipinski definition) is 3. The largest absolute Gasteiger partial charge is 0.495 e. The van der Waals surface area contributed by atoms with Crippen molar-refractivity contribution in [2.75, 3.05) is 17.7 Å². The number of benzene rings is 2. The summed E-state index contributed by atoms with van der Waals surface area (Å²) in [6.07, 6.45) is 3.37. The summed E-state index contributed by atoms with van der Waals surface area (Å²) < 4.78 is 6.98. The summed E-state index contributed by atoms with van der Waals surface area (Å²) in [5.41, 5.74) is 3.43. The standard InChI is InChI=1S/C19H19ClN4O2/c1-13-3-5-14(6-4-13)11-24-12-16(10-21-24)22-19(25)23-17-9-15(20)7-8-18(17)26-2/h3-10,12H,11H2,1-2H3,(H2,22,23,25). The van der Waals surface area contributed by atoms with Crippen molar-refractivity contribution >= 4 is 29.0 Å². The molecule has 3 aromatic rings. The second-order valence-corrected chi connectivity index (χ2v) is 6.27. The van der Waals surface area contributed by atoms with Gasteiger partial charge in [-0.2, -0.15) is 5.10 Å². The van der Waals surface area contributed by atoms with Gasteiger partial charge in [-0.1, -0.05) is 41.4 Å². The number of amides is 2. The molecule has 2 amide bonds. The molecule has 2 N–H and O–H groups in total. The Morgan fingerprint density at radius 3 is 2.69 bits per heavy atom. The van der Waals surface area contributed by atoms with E-state index in [4.69, 9.17) is 16.3 Å². The Morgan fingerprint density at radius 1 is 1.19 bits per heavy atom. The average molecular weight is 371 g/mol. The maximum Gasteiger partial charge on any atom is 0.323 e. The third-order valence-electron chi connectivity index (χ3n) is 3.77. The van der Waals surface area contributed by atoms with Crippen molar-refractivity contribution in [1.29, 1.82) is 0 Å². The zero-order chi connectivity index (χ0) is 18.5. The molecule has 134 valence electrons. The van der Waals surface area contributed by atoms with Crippen LogP contribution in [0, 0.1) is 6.92 Å². The fourth-order valence-electron chi connectivity index (χ4n) is 2.46. The molecular formula is C19H19ClN4O2. The molecule has 0 saturated heterocycles. The van der Waals surface area contributed by atoms with E-state index in [1.807, 2.05) is 6.92 Å². The van der Waals surface area contributed by atoms with Crippen LogP contribution in [0.25, 0.3) is 0 Å². The second kappa shape index (κ2) is 7.93. The number of carbonyl (C=O) groups excluding carboxylic acids is 1. The van der Waals surface area contributed by atoms with Crippen LogP contribution in [0.3, 0.4) is 0 Å². The van der Waals surface area contributed by atoms with Gasteiger partial charge in [0.25, 0.3) is 0 Å². The van der Waals surface area contributed by atoms with E-state index in [9.17, 15) is 4.79 Å². The topological polar surface area (TPSA) is 68.2 Å². The molecule has 0 radical (unpaired) electrons. The van der Waals surface area contributed by atoms with E-state index in [-0.39, 0.29) is 0 Å². The number of halogens is 1. The number of urea groups is 1. The van der Waals surface area contributed by atoms with Crippen LogP contribution in [0.4, 0.5) is 16.2 Å². The summed E-state index contributed by atoms with van der Waals surface area (Å²) in [7, 11) is 1.53. The molecule has 0 spiro atoms. The molecule has 0 aliphatic carbocycles. The van der Waals surface area contributed by atoms with Crippen LogP contribution in [0.1, 0.15) is 11.1 Å². The SMILES string of the molecule is COc1ccc(Cl)cc1NC(=O)Nc1cnn(Cc2ccc(C)cc2)c1. The Hall–Kier alpha value is -2.99. The van der Waals surface area contributed by atoms with E-state index in [0.29, 0.717) is 28.7 Å². The number of hydrogen-bond donors (Lipinski definition) is 2. The highest BCUT2D eigenvalue weighted by Crippen LogP contribution is 2.27. The molecule has 0 aliphatic heterocycles. The molecule has 0 saturated carbocycles. The summed E-state index contributed by atoms with van der Waals surface area (Å²) >= 11 is 5.97. The monoisotopic (exact) mass is 370 g/mol. The van der Waals surface area contributed by atoms with Crippen molar-refractivity contribution in [3.05, 3.63) is 71.0 Å². The minimum atomic E-state index is -0.402. The van der Waals surface area contributed by atoms with Crippen molar-refractivity contribution in [2.24, 2.45) is 0 Å². The van der Waals surface area contributed by atoms with E-state index >= 15 is 0 Å². The Morgan fingerprint density at radius 2 is 1.96 bits per heavy atom. The first-order chi connectivity index (χ1) is 12.5. The molecule has 6 nitrogen and oxygen atoms in total. The maximum absolute atomic E-state index is 12.2. The number of ether oxygens (including phenoxy) is 1. The molecule has 0 aliphatic rings. The van der Waals surface area contributed by atoms with Crippen molar-refractivity contribution < 1.29 is 9.53 Å². The lowest BCUT2D eigenvalue weighted by Crippen LogP contribution is -2.19. The molecule has 0 bridgehead atoms. The van der Waals surface area contributed by atoms with Gasteiger partial charge in [-0.15, -0.1) is 0 Å². The van der Waals surface area contributed by atoms with Crippen molar-refractivity contribution in [2.45, 2.75) is 13.5 Å². The molecule has 7 heteroatoms. The normalized spacial score (nSPS) is 10.4. The third kappa shape index (κ3) is 4.55. The summed E-state index contributed by atoms with van der Waals surface area (Å²) in [4.78, 5) is 12.2. The van der Waals surface area contributed by atoms with Gasteiger partial charge in [0.2, 0.25) is 0 Å². The minimum absolute atomic E-state index is 0.402. The quantitative estimate of drug-likeness (QED) is 0.692. The molecule has 0 atom stereocenters. The van der Waals surface area contributed by atoms with Crippen LogP contribution in [-0.2, 0) is 6.54 Å². The first-order valence-electron chi connectivity index (χ1n) is 8.03. The summed E-state index contributed by atoms with van der Waals surface area (Å²) in [6.45, 7) is 2.68. The second-order valence-electron chi connectivity index (χ2n) is 5.84. The van der Waals surface area contributed by atoms with Crippen LogP contribution in [-0.4, -0.2) is 22.9 Å². The lowest BCUT2D eigenvalue weighted by molar-refractivity contribution is 0.262. The van der Waals surface area contributed by atoms with Gasteiger partial charge in [0.15, 0.2) is 0 Å². The van der Waals surface area contributed by atoms with Gasteiger partial charge in [-0.05, 0) is 30.7 Å². The van der Waals surface area contributed by atoms with Gasteiger partial charge >= 0.3 is 6.03 Å². The van der Waals surface area contributed by atoms with E-state index in [1.54, 1.807) is 35.3 Å². The van der Waals surface area contributed by atoms with E-state index < -0.39 is 6.03 Å². The first-order valence-corrected chi connectivity index (χ1v) is 8.41. The predicted octanol–water partition coefficient (Wildman–Crippen LogP) is 4.55. The van der Waals surface area contributed by atoms with Gasteiger partial charge in [0.05, 0.1) is 31.2 Å². The maximum atomic E-state index is 12.2. The lowest BCUT2D eigenvalue weighted by Gasteiger charge is -2.10. The fraction of sp³-hybridized carbons (Fsp3) is 0.158. The van der Waals surface area contributed by atoms with Crippen LogP contribution < -0.4 is 15.4 Å². The van der Waals surface area contributed by atoms with Crippen molar-refractivity contribution in [1.82, 2.24) is 9.78 Å². The summed E-state index contributed by atoms with van der Waals surface area (Å²) in [5, 5.41) is 10.2. The lowest BCUT2D eigenvalue weighted by atomic mass is 10.1. The highest BCUT2D eigenvalue weighted by Gasteiger charge is 2.09. The number of nitrogens with zero attached hydrogens (tertiary/aromatic N) is 2. The molecule has 1 aromatic heterocycles. The minimum Gasteiger partial charge on any atom is -0.495 e. The Bertz CT molecular complexity index is 906. The van der Waals surface area contributed by atoms with Crippen molar-refractivity contribution in [3.63, 3.8) is 0 Å². The number of carbonyl (C=O) groups is 1. The highest BCUT2D eigenvalue weighted by molar-refractivity contribution is 6.31. The van der Waals surface area contributed by atoms with Gasteiger partial charge < -0.3 is 15.4 Å². The smallest absolute Gasteiger partial charge is 0.323 e. The first kappa shape index (κ1) is 17.8. The van der Waals surface area contributed by atoms with Crippen LogP contribution >= 0.6 is 11.6 Å². The Balaban J connectivity index is 1.62. The molecular weight excluding hydrogens is 352 g/mol. The zero-order valence-electron chi connectivity index (χ0n) is 14.5. The highest BCUT2D eigenvalue weighted by atomic mass is 35.5. The zero-order valence-corrected chi connectivity index (χ0v) is 15.2. The number of rotatable bonds is 5. The average Bonchev–Trinajstić information content (AvgIpc) is 3.04. The fourth-order valence-corrected chi connectivity index (χ4v) is 2.63. The number of aryl methyl sites for hydroxylation is 1. The van der Waals surface area contributed by atoms with Gasteiger partial charge in [0, 0.05) is 11.2 Å². The number of methoxy groups -OCH3 is 1. The Labute approximate surface area is 156 Å². The molecule has 1 heterocycles. The van der Waals surface area contributed by atoms with Crippen molar-refractivity contribution in [3.8, 4) is 5.75 Å². The Kier molecular flexibility index (Phi) is 5.43. The van der Waals surface area contributed by atoms with Gasteiger partial charge in [-0.25, -0.2) is 4.79 Å². The van der Waals surface area contributed by atoms with E-state index in [0.717, 1.165) is 5.56 Å². The van der Waals surface area contributed by atoms with Crippen LogP contribution in [0.2, 0.25) is 5.02 Å². The van der Waals surface area contributed by atoms with Gasteiger partial charge in [-0.3, -0.25) is 4.68 Å². The molecule has 2 aromatic carbocycles. The third-order valence-corrected chi connectivity index (χ3v) is 4.00. The number of nitrogens with one attached hydrogen (secondary N) is 2. The number of anilines is 2. The summed E-state index contributed by atoms with van der Waals surface area (Å²) in [6, 6.07) is 12.8. The van der Waals surface area contributed by atoms with Crippen LogP contribution in [0.15, 0.2) is 54.9 Å². The molecule has 0 unspecified atom stereocenters. The van der Waals surface area contributed by atoms with E-state index in [2.05, 4.69) is 40.0 Å². The number of aromatic nitrogens is 2. The molecule has 3 rings (SSSR count). The molecule has 26 heavy (non-hydrogen) atoms. The van der Waals surface area contributed by atoms with E-state index in [1.165, 1.54) is 12.7 Å². The summed E-state index contributed by atoms with van der Waals surface area (Å²) in [5.74, 6) is 0.527. The predicted molar refractivity (Wildman–Crippen MR) is 103 cm³/mol. The molecule has 0 fully saturated rings.